The summed E-state index contributed by atoms with van der Waals surface area (Å²) in [6.07, 6.45) is 0. The first kappa shape index (κ1) is 24.5. The van der Waals surface area contributed by atoms with Gasteiger partial charge in [-0.2, -0.15) is 0 Å². The summed E-state index contributed by atoms with van der Waals surface area (Å²) >= 11 is 0. The Kier molecular flexibility index (Phi) is 6.43. The molecule has 0 spiro atoms. The van der Waals surface area contributed by atoms with E-state index in [1.807, 2.05) is 24.3 Å². The second kappa shape index (κ2) is 9.70. The van der Waals surface area contributed by atoms with Gasteiger partial charge in [0.25, 0.3) is 0 Å². The minimum Gasteiger partial charge on any atom is -0.478 e. The van der Waals surface area contributed by atoms with E-state index >= 15 is 0 Å². The van der Waals surface area contributed by atoms with Gasteiger partial charge in [0.1, 0.15) is 24.4 Å². The van der Waals surface area contributed by atoms with Gasteiger partial charge in [-0.05, 0) is 54.8 Å². The van der Waals surface area contributed by atoms with Crippen molar-refractivity contribution in [3.63, 3.8) is 0 Å². The maximum absolute atomic E-state index is 12.3. The van der Waals surface area contributed by atoms with Crippen molar-refractivity contribution in [3.8, 4) is 22.5 Å². The number of hydrogen-bond donors (Lipinski definition) is 1. The highest BCUT2D eigenvalue weighted by atomic mass is 16.4. The highest BCUT2D eigenvalue weighted by Gasteiger charge is 2.26. The normalized spacial score (nSPS) is 11.7. The fourth-order valence-corrected chi connectivity index (χ4v) is 5.25. The molecular weight excluding hydrogens is 458 g/mol. The van der Waals surface area contributed by atoms with E-state index in [4.69, 9.17) is 4.42 Å². The Labute approximate surface area is 217 Å². The third-order valence-corrected chi connectivity index (χ3v) is 7.48. The standard InChI is InChI=1S/C33H31NO3/c1-5-34(6-2)24-17-18-27-30(21-24)37-29-19-16-23(33(3,4)22-12-8-7-9-13-22)20-28(29)31(27)25-14-10-11-15-26(25)32(35)36/h7-21H,5-6H2,1-4H3/p+1. The predicted molar refractivity (Wildman–Crippen MR) is 150 cm³/mol. The van der Waals surface area contributed by atoms with Crippen molar-refractivity contribution in [2.24, 2.45) is 0 Å². The first-order chi connectivity index (χ1) is 17.8. The van der Waals surface area contributed by atoms with Gasteiger partial charge in [0.05, 0.1) is 11.6 Å². The molecule has 1 N–H and O–H groups in total. The van der Waals surface area contributed by atoms with Gasteiger partial charge in [-0.3, -0.25) is 0 Å². The molecule has 3 aromatic rings. The van der Waals surface area contributed by atoms with Crippen LogP contribution in [-0.4, -0.2) is 24.2 Å². The molecule has 1 aliphatic heterocycles. The second-order valence-corrected chi connectivity index (χ2v) is 9.88. The number of rotatable bonds is 6. The van der Waals surface area contributed by atoms with E-state index in [1.165, 1.54) is 5.56 Å². The smallest absolute Gasteiger partial charge is 0.336 e. The third kappa shape index (κ3) is 4.33. The van der Waals surface area contributed by atoms with Crippen LogP contribution in [0, 0.1) is 0 Å². The van der Waals surface area contributed by atoms with Crippen LogP contribution in [0.4, 0.5) is 0 Å². The lowest BCUT2D eigenvalue weighted by Crippen LogP contribution is -2.29. The Balaban J connectivity index is 1.88. The van der Waals surface area contributed by atoms with Gasteiger partial charge in [-0.15, -0.1) is 0 Å². The van der Waals surface area contributed by atoms with Crippen LogP contribution in [0.1, 0.15) is 49.2 Å². The first-order valence-electron chi connectivity index (χ1n) is 12.8. The number of benzene rings is 4. The van der Waals surface area contributed by atoms with E-state index in [9.17, 15) is 9.90 Å². The van der Waals surface area contributed by atoms with Crippen LogP contribution in [-0.2, 0) is 5.41 Å². The zero-order valence-corrected chi connectivity index (χ0v) is 21.8. The van der Waals surface area contributed by atoms with Gasteiger partial charge >= 0.3 is 5.97 Å². The Morgan fingerprint density at radius 1 is 0.811 bits per heavy atom. The summed E-state index contributed by atoms with van der Waals surface area (Å²) in [4.78, 5) is 12.3. The molecule has 1 heterocycles. The van der Waals surface area contributed by atoms with E-state index in [0.717, 1.165) is 51.9 Å². The molecule has 5 rings (SSSR count). The van der Waals surface area contributed by atoms with E-state index < -0.39 is 5.97 Å². The van der Waals surface area contributed by atoms with Gasteiger partial charge in [0.15, 0.2) is 0 Å². The summed E-state index contributed by atoms with van der Waals surface area (Å²) in [6.45, 7) is 10.5. The summed E-state index contributed by atoms with van der Waals surface area (Å²) in [5.41, 5.74) is 5.56. The van der Waals surface area contributed by atoms with Crippen LogP contribution in [0.15, 0.2) is 95.4 Å². The summed E-state index contributed by atoms with van der Waals surface area (Å²) in [5.74, 6) is -0.208. The molecule has 0 saturated carbocycles. The number of nitrogens with zero attached hydrogens (tertiary/aromatic N) is 1. The number of carboxylic acid groups (broad SMARTS) is 1. The van der Waals surface area contributed by atoms with E-state index in [0.29, 0.717) is 5.56 Å². The maximum Gasteiger partial charge on any atom is 0.336 e. The Morgan fingerprint density at radius 3 is 2.22 bits per heavy atom. The third-order valence-electron chi connectivity index (χ3n) is 7.48. The SMILES string of the molecule is CC[N+](CC)=c1ccc2c(-c3ccccc3C(=O)O)c3cc(C(C)(C)c4ccccc4)ccc3oc-2c1. The average molecular weight is 491 g/mol. The van der Waals surface area contributed by atoms with Crippen LogP contribution in [0.3, 0.4) is 0 Å². The van der Waals surface area contributed by atoms with Crippen LogP contribution in [0.2, 0.25) is 0 Å². The quantitative estimate of drug-likeness (QED) is 0.205. The number of carboxylic acids is 1. The molecule has 0 saturated heterocycles. The van der Waals surface area contributed by atoms with E-state index in [1.54, 1.807) is 12.1 Å². The molecule has 186 valence electrons. The molecule has 0 atom stereocenters. The van der Waals surface area contributed by atoms with Gasteiger partial charge in [0, 0.05) is 28.0 Å². The van der Waals surface area contributed by atoms with Crippen molar-refractivity contribution in [2.45, 2.75) is 33.1 Å². The Hall–Kier alpha value is -4.18. The zero-order chi connectivity index (χ0) is 26.2. The van der Waals surface area contributed by atoms with Crippen LogP contribution >= 0.6 is 0 Å². The molecule has 3 aromatic carbocycles. The van der Waals surface area contributed by atoms with Crippen molar-refractivity contribution in [2.75, 3.05) is 13.1 Å². The molecule has 0 amide bonds. The molecule has 0 unspecified atom stereocenters. The fraction of sp³-hybridized carbons (Fsp3) is 0.212. The molecule has 0 bridgehead atoms. The lowest BCUT2D eigenvalue weighted by atomic mass is 9.77. The molecular formula is C33H32NO3+. The van der Waals surface area contributed by atoms with Crippen LogP contribution in [0.25, 0.3) is 33.4 Å². The molecule has 0 aromatic heterocycles. The number of aromatic carboxylic acids is 1. The maximum atomic E-state index is 12.3. The largest absolute Gasteiger partial charge is 0.478 e. The minimum atomic E-state index is -0.946. The number of fused-ring (bicyclic) bond motifs is 2. The molecule has 37 heavy (non-hydrogen) atoms. The minimum absolute atomic E-state index is 0.249. The summed E-state index contributed by atoms with van der Waals surface area (Å²) < 4.78 is 8.76. The van der Waals surface area contributed by atoms with E-state index in [2.05, 4.69) is 86.9 Å². The first-order valence-corrected chi connectivity index (χ1v) is 12.8. The number of hydrogen-bond acceptors (Lipinski definition) is 2. The van der Waals surface area contributed by atoms with Crippen molar-refractivity contribution in [1.29, 1.82) is 0 Å². The molecule has 2 aliphatic rings. The van der Waals surface area contributed by atoms with Crippen molar-refractivity contribution in [3.05, 3.63) is 113 Å². The monoisotopic (exact) mass is 490 g/mol. The molecule has 4 heteroatoms. The lowest BCUT2D eigenvalue weighted by Gasteiger charge is -2.27. The van der Waals surface area contributed by atoms with Crippen molar-refractivity contribution >= 4 is 16.9 Å². The second-order valence-electron chi connectivity index (χ2n) is 9.88. The summed E-state index contributed by atoms with van der Waals surface area (Å²) in [5, 5.41) is 12.0. The van der Waals surface area contributed by atoms with Gasteiger partial charge in [0.2, 0.25) is 5.36 Å². The highest BCUT2D eigenvalue weighted by Crippen LogP contribution is 2.43. The average Bonchev–Trinajstić information content (AvgIpc) is 2.92. The molecule has 4 nitrogen and oxygen atoms in total. The molecule has 0 fully saturated rings. The van der Waals surface area contributed by atoms with Crippen LogP contribution in [0.5, 0.6) is 0 Å². The predicted octanol–water partition coefficient (Wildman–Crippen LogP) is 7.04. The Morgan fingerprint density at radius 2 is 1.51 bits per heavy atom. The van der Waals surface area contributed by atoms with Gasteiger partial charge in [-0.1, -0.05) is 68.4 Å². The van der Waals surface area contributed by atoms with Crippen molar-refractivity contribution < 1.29 is 14.3 Å². The molecule has 1 aliphatic carbocycles. The van der Waals surface area contributed by atoms with Gasteiger partial charge in [-0.25, -0.2) is 9.37 Å². The fourth-order valence-electron chi connectivity index (χ4n) is 5.25. The molecule has 0 radical (unpaired) electrons. The highest BCUT2D eigenvalue weighted by molar-refractivity contribution is 6.07. The number of carbonyl (C=O) groups is 1. The lowest BCUT2D eigenvalue weighted by molar-refractivity contribution is 0.0697. The Bertz CT molecular complexity index is 1640. The summed E-state index contributed by atoms with van der Waals surface area (Å²) in [6, 6.07) is 30.2. The topological polar surface area (TPSA) is 53.5 Å². The van der Waals surface area contributed by atoms with Crippen LogP contribution < -0.4 is 9.93 Å². The van der Waals surface area contributed by atoms with Crippen molar-refractivity contribution in [1.82, 2.24) is 4.58 Å². The summed E-state index contributed by atoms with van der Waals surface area (Å²) in [7, 11) is 0. The zero-order valence-electron chi connectivity index (χ0n) is 21.8. The van der Waals surface area contributed by atoms with Gasteiger partial charge < -0.3 is 9.52 Å². The van der Waals surface area contributed by atoms with E-state index in [-0.39, 0.29) is 11.0 Å².